The van der Waals surface area contributed by atoms with E-state index in [1.165, 1.54) is 0 Å². The van der Waals surface area contributed by atoms with Gasteiger partial charge in [-0.2, -0.15) is 0 Å². The van der Waals surface area contributed by atoms with Crippen molar-refractivity contribution in [3.8, 4) is 5.88 Å². The van der Waals surface area contributed by atoms with Crippen LogP contribution >= 0.6 is 0 Å². The Morgan fingerprint density at radius 1 is 1.19 bits per heavy atom. The van der Waals surface area contributed by atoms with Gasteiger partial charge in [-0.1, -0.05) is 6.07 Å². The van der Waals surface area contributed by atoms with Crippen LogP contribution in [0, 0.1) is 0 Å². The Hall–Kier alpha value is -2.51. The smallest absolute Gasteiger partial charge is 0.407 e. The lowest BCUT2D eigenvalue weighted by Gasteiger charge is -2.19. The van der Waals surface area contributed by atoms with Gasteiger partial charge in [-0.05, 0) is 47.1 Å². The van der Waals surface area contributed by atoms with Crippen molar-refractivity contribution in [2.24, 2.45) is 4.99 Å². The van der Waals surface area contributed by atoms with Gasteiger partial charge in [0.05, 0.1) is 12.6 Å². The molecule has 8 heteroatoms. The second-order valence-electron chi connectivity index (χ2n) is 7.22. The van der Waals surface area contributed by atoms with E-state index < -0.39 is 11.7 Å². The Labute approximate surface area is 162 Å². The molecular weight excluding hydrogens is 346 g/mol. The van der Waals surface area contributed by atoms with E-state index in [0.29, 0.717) is 31.5 Å². The summed E-state index contributed by atoms with van der Waals surface area (Å²) in [6.45, 7) is 13.6. The summed E-state index contributed by atoms with van der Waals surface area (Å²) in [5, 5.41) is 9.04. The maximum absolute atomic E-state index is 11.6. The molecule has 0 aliphatic rings. The van der Waals surface area contributed by atoms with Crippen LogP contribution in [0.4, 0.5) is 4.79 Å². The number of aliphatic imine (C=N–C) groups is 1. The highest BCUT2D eigenvalue weighted by Crippen LogP contribution is 2.10. The summed E-state index contributed by atoms with van der Waals surface area (Å²) < 4.78 is 10.7. The molecule has 1 heterocycles. The van der Waals surface area contributed by atoms with E-state index in [9.17, 15) is 4.79 Å². The summed E-state index contributed by atoms with van der Waals surface area (Å²) in [5.74, 6) is 1.28. The Balaban J connectivity index is 2.44. The number of hydrogen-bond acceptors (Lipinski definition) is 5. The summed E-state index contributed by atoms with van der Waals surface area (Å²) in [6, 6.07) is 3.79. The lowest BCUT2D eigenvalue weighted by Crippen LogP contribution is -2.42. The van der Waals surface area contributed by atoms with Crippen molar-refractivity contribution < 1.29 is 14.3 Å². The predicted octanol–water partition coefficient (Wildman–Crippen LogP) is 2.45. The summed E-state index contributed by atoms with van der Waals surface area (Å²) in [7, 11) is 0. The van der Waals surface area contributed by atoms with E-state index in [4.69, 9.17) is 9.47 Å². The standard InChI is InChI=1S/C19H33N5O3/c1-7-20-17(21-10-11-22-18(25)27-19(4,5)6)24-13-15-8-9-16(23-12-15)26-14(2)3/h8-9,12,14H,7,10-11,13H2,1-6H3,(H,22,25)(H2,20,21,24). The second kappa shape index (κ2) is 11.3. The van der Waals surface area contributed by atoms with Crippen molar-refractivity contribution in [1.29, 1.82) is 0 Å². The van der Waals surface area contributed by atoms with Crippen LogP contribution in [0.15, 0.2) is 23.3 Å². The molecule has 0 aromatic carbocycles. The maximum atomic E-state index is 11.6. The van der Waals surface area contributed by atoms with E-state index >= 15 is 0 Å². The summed E-state index contributed by atoms with van der Waals surface area (Å²) in [6.07, 6.45) is 1.43. The Kier molecular flexibility index (Phi) is 9.39. The minimum absolute atomic E-state index is 0.0974. The SMILES string of the molecule is CCNC(=NCc1ccc(OC(C)C)nc1)NCCNC(=O)OC(C)(C)C. The first-order valence-electron chi connectivity index (χ1n) is 9.30. The van der Waals surface area contributed by atoms with Gasteiger partial charge in [0.2, 0.25) is 5.88 Å². The number of pyridine rings is 1. The Bertz CT molecular complexity index is 594. The van der Waals surface area contributed by atoms with E-state index in [0.717, 1.165) is 12.1 Å². The fourth-order valence-electron chi connectivity index (χ4n) is 1.99. The molecule has 1 amide bonds. The molecule has 3 N–H and O–H groups in total. The van der Waals surface area contributed by atoms with Crippen LogP contribution < -0.4 is 20.7 Å². The number of aromatic nitrogens is 1. The topological polar surface area (TPSA) is 96.9 Å². The highest BCUT2D eigenvalue weighted by molar-refractivity contribution is 5.79. The Morgan fingerprint density at radius 2 is 1.89 bits per heavy atom. The number of hydrogen-bond donors (Lipinski definition) is 3. The summed E-state index contributed by atoms with van der Waals surface area (Å²) in [5.41, 5.74) is 0.479. The number of ether oxygens (including phenoxy) is 2. The number of amides is 1. The molecule has 8 nitrogen and oxygen atoms in total. The van der Waals surface area contributed by atoms with Gasteiger partial charge in [-0.15, -0.1) is 0 Å². The van der Waals surface area contributed by atoms with Crippen LogP contribution in [-0.4, -0.2) is 48.4 Å². The maximum Gasteiger partial charge on any atom is 0.407 e. The molecule has 27 heavy (non-hydrogen) atoms. The van der Waals surface area contributed by atoms with Crippen molar-refractivity contribution >= 4 is 12.1 Å². The third kappa shape index (κ3) is 10.9. The molecule has 0 aliphatic heterocycles. The third-order valence-electron chi connectivity index (χ3n) is 3.00. The molecular formula is C19H33N5O3. The van der Waals surface area contributed by atoms with Crippen molar-refractivity contribution in [3.63, 3.8) is 0 Å². The largest absolute Gasteiger partial charge is 0.475 e. The van der Waals surface area contributed by atoms with Crippen LogP contribution in [0.25, 0.3) is 0 Å². The zero-order valence-electron chi connectivity index (χ0n) is 17.3. The number of rotatable bonds is 8. The lowest BCUT2D eigenvalue weighted by atomic mass is 10.2. The molecule has 0 radical (unpaired) electrons. The van der Waals surface area contributed by atoms with Gasteiger partial charge in [0, 0.05) is 31.9 Å². The van der Waals surface area contributed by atoms with Crippen LogP contribution in [0.1, 0.15) is 47.1 Å². The molecule has 0 bridgehead atoms. The molecule has 0 saturated carbocycles. The van der Waals surface area contributed by atoms with Gasteiger partial charge in [0.1, 0.15) is 5.60 Å². The highest BCUT2D eigenvalue weighted by Gasteiger charge is 2.15. The molecule has 0 atom stereocenters. The first kappa shape index (κ1) is 22.5. The number of carbonyl (C=O) groups is 1. The lowest BCUT2D eigenvalue weighted by molar-refractivity contribution is 0.0529. The average Bonchev–Trinajstić information content (AvgIpc) is 2.55. The molecule has 152 valence electrons. The molecule has 1 aromatic heterocycles. The molecule has 0 unspecified atom stereocenters. The zero-order chi connectivity index (χ0) is 20.3. The van der Waals surface area contributed by atoms with E-state index in [2.05, 4.69) is 25.9 Å². The fourth-order valence-corrected chi connectivity index (χ4v) is 1.99. The van der Waals surface area contributed by atoms with Crippen molar-refractivity contribution in [1.82, 2.24) is 20.9 Å². The minimum atomic E-state index is -0.502. The fraction of sp³-hybridized carbons (Fsp3) is 0.632. The number of alkyl carbamates (subject to hydrolysis) is 1. The average molecular weight is 380 g/mol. The molecule has 0 spiro atoms. The molecule has 0 fully saturated rings. The molecule has 0 aliphatic carbocycles. The number of carbonyl (C=O) groups excluding carboxylic acids is 1. The van der Waals surface area contributed by atoms with Crippen LogP contribution in [0.5, 0.6) is 5.88 Å². The van der Waals surface area contributed by atoms with Gasteiger partial charge < -0.3 is 25.4 Å². The van der Waals surface area contributed by atoms with E-state index in [-0.39, 0.29) is 6.10 Å². The van der Waals surface area contributed by atoms with Crippen molar-refractivity contribution in [2.75, 3.05) is 19.6 Å². The van der Waals surface area contributed by atoms with Gasteiger partial charge in [0.15, 0.2) is 5.96 Å². The second-order valence-corrected chi connectivity index (χ2v) is 7.22. The van der Waals surface area contributed by atoms with Gasteiger partial charge >= 0.3 is 6.09 Å². The predicted molar refractivity (Wildman–Crippen MR) is 107 cm³/mol. The Morgan fingerprint density at radius 3 is 2.44 bits per heavy atom. The first-order chi connectivity index (χ1) is 12.7. The van der Waals surface area contributed by atoms with E-state index in [1.54, 1.807) is 6.20 Å². The van der Waals surface area contributed by atoms with Gasteiger partial charge in [-0.3, -0.25) is 0 Å². The van der Waals surface area contributed by atoms with Crippen molar-refractivity contribution in [3.05, 3.63) is 23.9 Å². The summed E-state index contributed by atoms with van der Waals surface area (Å²) >= 11 is 0. The van der Waals surface area contributed by atoms with Gasteiger partial charge in [0.25, 0.3) is 0 Å². The van der Waals surface area contributed by atoms with Crippen LogP contribution in [0.2, 0.25) is 0 Å². The highest BCUT2D eigenvalue weighted by atomic mass is 16.6. The summed E-state index contributed by atoms with van der Waals surface area (Å²) in [4.78, 5) is 20.4. The number of nitrogens with zero attached hydrogens (tertiary/aromatic N) is 2. The van der Waals surface area contributed by atoms with Crippen LogP contribution in [0.3, 0.4) is 0 Å². The van der Waals surface area contributed by atoms with Gasteiger partial charge in [-0.25, -0.2) is 14.8 Å². The molecule has 0 saturated heterocycles. The van der Waals surface area contributed by atoms with E-state index in [1.807, 2.05) is 53.7 Å². The number of guanidine groups is 1. The quantitative estimate of drug-likeness (QED) is 0.365. The molecule has 1 rings (SSSR count). The normalized spacial score (nSPS) is 11.9. The zero-order valence-corrected chi connectivity index (χ0v) is 17.3. The molecule has 1 aromatic rings. The number of nitrogens with one attached hydrogen (secondary N) is 3. The minimum Gasteiger partial charge on any atom is -0.475 e. The van der Waals surface area contributed by atoms with Crippen LogP contribution in [-0.2, 0) is 11.3 Å². The first-order valence-corrected chi connectivity index (χ1v) is 9.30. The van der Waals surface area contributed by atoms with Crippen molar-refractivity contribution in [2.45, 2.75) is 59.8 Å². The monoisotopic (exact) mass is 379 g/mol. The third-order valence-corrected chi connectivity index (χ3v) is 3.00.